The zero-order chi connectivity index (χ0) is 20.9. The van der Waals surface area contributed by atoms with Crippen LogP contribution in [0.2, 0.25) is 0 Å². The van der Waals surface area contributed by atoms with Crippen molar-refractivity contribution in [1.29, 1.82) is 0 Å². The molecule has 29 heavy (non-hydrogen) atoms. The molecule has 0 fully saturated rings. The second-order valence-electron chi connectivity index (χ2n) is 6.29. The van der Waals surface area contributed by atoms with Crippen molar-refractivity contribution in [1.82, 2.24) is 24.2 Å². The van der Waals surface area contributed by atoms with Crippen LogP contribution in [-0.4, -0.2) is 46.3 Å². The molecule has 0 unspecified atom stereocenters. The van der Waals surface area contributed by atoms with E-state index in [1.165, 1.54) is 16.4 Å². The molecule has 2 heterocycles. The van der Waals surface area contributed by atoms with Gasteiger partial charge in [-0.3, -0.25) is 9.36 Å². The van der Waals surface area contributed by atoms with Crippen LogP contribution in [0.5, 0.6) is 0 Å². The lowest BCUT2D eigenvalue weighted by Crippen LogP contribution is -2.31. The number of nitrogens with zero attached hydrogens (tertiary/aromatic N) is 4. The lowest BCUT2D eigenvalue weighted by Gasteiger charge is -2.18. The van der Waals surface area contributed by atoms with Crippen molar-refractivity contribution in [2.75, 3.05) is 13.1 Å². The Morgan fingerprint density at radius 3 is 2.62 bits per heavy atom. The number of carbonyl (C=O) groups is 1. The van der Waals surface area contributed by atoms with Crippen LogP contribution < -0.4 is 5.32 Å². The number of imidazole rings is 1. The third-order valence-corrected chi connectivity index (χ3v) is 6.52. The molecule has 3 aromatic rings. The van der Waals surface area contributed by atoms with Gasteiger partial charge in [-0.25, -0.2) is 18.4 Å². The topological polar surface area (TPSA) is 97.2 Å². The van der Waals surface area contributed by atoms with Gasteiger partial charge in [0, 0.05) is 43.8 Å². The maximum atomic E-state index is 12.7. The first-order chi connectivity index (χ1) is 14.0. The summed E-state index contributed by atoms with van der Waals surface area (Å²) in [6.45, 7) is 4.60. The fourth-order valence-corrected chi connectivity index (χ4v) is 4.41. The molecule has 1 aromatic carbocycles. The van der Waals surface area contributed by atoms with Gasteiger partial charge in [-0.1, -0.05) is 19.9 Å². The average Bonchev–Trinajstić information content (AvgIpc) is 3.28. The minimum Gasteiger partial charge on any atom is -0.348 e. The van der Waals surface area contributed by atoms with E-state index in [-0.39, 0.29) is 17.3 Å². The molecule has 0 saturated carbocycles. The van der Waals surface area contributed by atoms with Crippen LogP contribution in [0.25, 0.3) is 5.82 Å². The van der Waals surface area contributed by atoms with E-state index in [1.54, 1.807) is 55.5 Å². The van der Waals surface area contributed by atoms with Crippen LogP contribution in [0.4, 0.5) is 0 Å². The van der Waals surface area contributed by atoms with Gasteiger partial charge in [0.25, 0.3) is 5.91 Å². The van der Waals surface area contributed by atoms with Crippen LogP contribution >= 0.6 is 0 Å². The third-order valence-electron chi connectivity index (χ3n) is 4.47. The molecule has 8 nitrogen and oxygen atoms in total. The van der Waals surface area contributed by atoms with Crippen molar-refractivity contribution in [3.63, 3.8) is 0 Å². The fourth-order valence-electron chi connectivity index (χ4n) is 2.90. The van der Waals surface area contributed by atoms with E-state index >= 15 is 0 Å². The summed E-state index contributed by atoms with van der Waals surface area (Å²) in [4.78, 5) is 21.0. The van der Waals surface area contributed by atoms with Gasteiger partial charge in [0.05, 0.1) is 4.90 Å². The Balaban J connectivity index is 1.73. The fraction of sp³-hybridized carbons (Fsp3) is 0.250. The number of benzene rings is 1. The summed E-state index contributed by atoms with van der Waals surface area (Å²) < 4.78 is 28.5. The van der Waals surface area contributed by atoms with Gasteiger partial charge in [0.1, 0.15) is 12.1 Å². The van der Waals surface area contributed by atoms with Crippen molar-refractivity contribution in [3.05, 3.63) is 72.4 Å². The molecular weight excluding hydrogens is 390 g/mol. The molecule has 0 aliphatic rings. The zero-order valence-corrected chi connectivity index (χ0v) is 17.1. The number of pyridine rings is 1. The Morgan fingerprint density at radius 2 is 1.93 bits per heavy atom. The molecule has 152 valence electrons. The summed E-state index contributed by atoms with van der Waals surface area (Å²) in [5, 5.41) is 2.82. The summed E-state index contributed by atoms with van der Waals surface area (Å²) in [6, 6.07) is 9.75. The summed E-state index contributed by atoms with van der Waals surface area (Å²) >= 11 is 0. The highest BCUT2D eigenvalue weighted by Crippen LogP contribution is 2.17. The molecule has 3 rings (SSSR count). The number of nitrogens with one attached hydrogen (secondary N) is 1. The molecule has 1 N–H and O–H groups in total. The zero-order valence-electron chi connectivity index (χ0n) is 16.3. The Labute approximate surface area is 170 Å². The number of sulfonamides is 1. The van der Waals surface area contributed by atoms with E-state index in [4.69, 9.17) is 0 Å². The molecule has 0 atom stereocenters. The van der Waals surface area contributed by atoms with E-state index in [2.05, 4.69) is 15.3 Å². The Morgan fingerprint density at radius 1 is 1.14 bits per heavy atom. The monoisotopic (exact) mass is 413 g/mol. The quantitative estimate of drug-likeness (QED) is 0.611. The molecule has 0 saturated heterocycles. The van der Waals surface area contributed by atoms with Crippen molar-refractivity contribution in [2.24, 2.45) is 0 Å². The van der Waals surface area contributed by atoms with Gasteiger partial charge >= 0.3 is 0 Å². The number of aromatic nitrogens is 3. The normalized spacial score (nSPS) is 11.6. The summed E-state index contributed by atoms with van der Waals surface area (Å²) in [7, 11) is -3.62. The van der Waals surface area contributed by atoms with Gasteiger partial charge in [0.15, 0.2) is 0 Å². The number of hydrogen-bond acceptors (Lipinski definition) is 5. The molecular formula is C20H23N5O3S. The minimum absolute atomic E-state index is 0.111. The van der Waals surface area contributed by atoms with Crippen molar-refractivity contribution in [3.8, 4) is 5.82 Å². The predicted molar refractivity (Wildman–Crippen MR) is 109 cm³/mol. The lowest BCUT2D eigenvalue weighted by molar-refractivity contribution is 0.0950. The SMILES string of the molecule is CCN(CC)S(=O)(=O)c1cccc(C(=O)NCc2ccnc(-n3ccnc3)c2)c1. The molecule has 0 bridgehead atoms. The first kappa shape index (κ1) is 20.7. The standard InChI is InChI=1S/C20H23N5O3S/c1-3-25(4-2)29(27,28)18-7-5-6-17(13-18)20(26)23-14-16-8-9-22-19(12-16)24-11-10-21-15-24/h5-13,15H,3-4,14H2,1-2H3,(H,23,26). The summed E-state index contributed by atoms with van der Waals surface area (Å²) in [5.74, 6) is 0.351. The van der Waals surface area contributed by atoms with E-state index in [9.17, 15) is 13.2 Å². The maximum Gasteiger partial charge on any atom is 0.251 e. The number of hydrogen-bond donors (Lipinski definition) is 1. The summed E-state index contributed by atoms with van der Waals surface area (Å²) in [6.07, 6.45) is 6.75. The van der Waals surface area contributed by atoms with Gasteiger partial charge in [-0.05, 0) is 35.9 Å². The molecule has 0 aliphatic heterocycles. The van der Waals surface area contributed by atoms with Crippen molar-refractivity contribution >= 4 is 15.9 Å². The van der Waals surface area contributed by atoms with Gasteiger partial charge < -0.3 is 5.32 Å². The van der Waals surface area contributed by atoms with E-state index in [0.717, 1.165) is 5.56 Å². The van der Waals surface area contributed by atoms with E-state index in [1.807, 2.05) is 12.1 Å². The van der Waals surface area contributed by atoms with Crippen LogP contribution in [0.3, 0.4) is 0 Å². The van der Waals surface area contributed by atoms with Crippen molar-refractivity contribution < 1.29 is 13.2 Å². The minimum atomic E-state index is -3.62. The second kappa shape index (κ2) is 8.97. The molecule has 0 radical (unpaired) electrons. The average molecular weight is 414 g/mol. The third kappa shape index (κ3) is 4.69. The van der Waals surface area contributed by atoms with E-state index in [0.29, 0.717) is 24.5 Å². The second-order valence-corrected chi connectivity index (χ2v) is 8.23. The molecule has 0 aliphatic carbocycles. The first-order valence-electron chi connectivity index (χ1n) is 9.27. The highest BCUT2D eigenvalue weighted by atomic mass is 32.2. The number of carbonyl (C=O) groups excluding carboxylic acids is 1. The summed E-state index contributed by atoms with van der Waals surface area (Å²) in [5.41, 5.74) is 1.16. The Kier molecular flexibility index (Phi) is 6.40. The number of amides is 1. The molecule has 1 amide bonds. The van der Waals surface area contributed by atoms with Crippen LogP contribution in [0, 0.1) is 0 Å². The predicted octanol–water partition coefficient (Wildman–Crippen LogP) is 2.23. The van der Waals surface area contributed by atoms with Crippen molar-refractivity contribution in [2.45, 2.75) is 25.3 Å². The first-order valence-corrected chi connectivity index (χ1v) is 10.7. The molecule has 2 aromatic heterocycles. The van der Waals surface area contributed by atoms with E-state index < -0.39 is 10.0 Å². The lowest BCUT2D eigenvalue weighted by atomic mass is 10.2. The van der Waals surface area contributed by atoms with Gasteiger partial charge in [-0.2, -0.15) is 4.31 Å². The highest BCUT2D eigenvalue weighted by Gasteiger charge is 2.22. The Hall–Kier alpha value is -3.04. The smallest absolute Gasteiger partial charge is 0.251 e. The maximum absolute atomic E-state index is 12.7. The van der Waals surface area contributed by atoms with Gasteiger partial charge in [-0.15, -0.1) is 0 Å². The molecule has 0 spiro atoms. The van der Waals surface area contributed by atoms with Gasteiger partial charge in [0.2, 0.25) is 10.0 Å². The largest absolute Gasteiger partial charge is 0.348 e. The molecule has 9 heteroatoms. The van der Waals surface area contributed by atoms with Crippen LogP contribution in [0.15, 0.2) is 66.2 Å². The number of rotatable bonds is 8. The van der Waals surface area contributed by atoms with Crippen LogP contribution in [0.1, 0.15) is 29.8 Å². The Bertz CT molecular complexity index is 1080. The highest BCUT2D eigenvalue weighted by molar-refractivity contribution is 7.89. The van der Waals surface area contributed by atoms with Crippen LogP contribution in [-0.2, 0) is 16.6 Å².